The van der Waals surface area contributed by atoms with Gasteiger partial charge < -0.3 is 5.73 Å². The monoisotopic (exact) mass is 240 g/mol. The SMILES string of the molecule is CCN(N=C=O)[C@@H](CCCCN)C(=O)N=C=O. The fourth-order valence-corrected chi connectivity index (χ4v) is 1.41. The van der Waals surface area contributed by atoms with Crippen molar-refractivity contribution in [3.63, 3.8) is 0 Å². The zero-order valence-corrected chi connectivity index (χ0v) is 9.76. The zero-order chi connectivity index (χ0) is 13.1. The minimum Gasteiger partial charge on any atom is -0.330 e. The molecule has 0 aliphatic rings. The molecule has 17 heavy (non-hydrogen) atoms. The Bertz CT molecular complexity index is 332. The van der Waals surface area contributed by atoms with Gasteiger partial charge in [0.05, 0.1) is 0 Å². The van der Waals surface area contributed by atoms with E-state index >= 15 is 0 Å². The fourth-order valence-electron chi connectivity index (χ4n) is 1.41. The lowest BCUT2D eigenvalue weighted by atomic mass is 10.1. The molecular formula is C10H16N4O3. The number of hydrogen-bond acceptors (Lipinski definition) is 6. The molecule has 0 saturated carbocycles. The summed E-state index contributed by atoms with van der Waals surface area (Å²) in [6.45, 7) is 2.60. The van der Waals surface area contributed by atoms with Gasteiger partial charge in [0.1, 0.15) is 6.04 Å². The van der Waals surface area contributed by atoms with Gasteiger partial charge in [0.2, 0.25) is 6.08 Å². The third-order valence-electron chi connectivity index (χ3n) is 2.23. The first-order chi connectivity index (χ1) is 8.21. The summed E-state index contributed by atoms with van der Waals surface area (Å²) in [4.78, 5) is 34.8. The number of carbonyl (C=O) groups excluding carboxylic acids is 3. The molecule has 0 saturated heterocycles. The smallest absolute Gasteiger partial charge is 0.280 e. The van der Waals surface area contributed by atoms with Crippen LogP contribution in [0.25, 0.3) is 0 Å². The predicted octanol–water partition coefficient (Wildman–Crippen LogP) is -0.0809. The second-order valence-corrected chi connectivity index (χ2v) is 3.29. The number of nitrogens with zero attached hydrogens (tertiary/aromatic N) is 3. The third kappa shape index (κ3) is 5.73. The van der Waals surface area contributed by atoms with E-state index in [1.165, 1.54) is 17.2 Å². The number of nitrogens with two attached hydrogens (primary N) is 1. The Balaban J connectivity index is 4.73. The van der Waals surface area contributed by atoms with E-state index in [0.29, 0.717) is 25.9 Å². The van der Waals surface area contributed by atoms with Crippen molar-refractivity contribution >= 4 is 18.1 Å². The summed E-state index contributed by atoms with van der Waals surface area (Å²) in [5.41, 5.74) is 5.35. The van der Waals surface area contributed by atoms with Crippen LogP contribution in [0.1, 0.15) is 26.2 Å². The highest BCUT2D eigenvalue weighted by Gasteiger charge is 2.23. The van der Waals surface area contributed by atoms with Gasteiger partial charge in [-0.2, -0.15) is 0 Å². The Morgan fingerprint density at radius 2 is 2.06 bits per heavy atom. The van der Waals surface area contributed by atoms with Gasteiger partial charge in [-0.15, -0.1) is 4.99 Å². The van der Waals surface area contributed by atoms with Crippen LogP contribution >= 0.6 is 0 Å². The summed E-state index contributed by atoms with van der Waals surface area (Å²) in [6.07, 6.45) is 4.43. The minimum atomic E-state index is -0.727. The summed E-state index contributed by atoms with van der Waals surface area (Å²) < 4.78 is 0. The molecule has 0 aromatic heterocycles. The van der Waals surface area contributed by atoms with Gasteiger partial charge in [-0.3, -0.25) is 9.80 Å². The molecule has 0 spiro atoms. The normalized spacial score (nSPS) is 10.9. The highest BCUT2D eigenvalue weighted by atomic mass is 16.2. The average Bonchev–Trinajstić information content (AvgIpc) is 2.33. The fraction of sp³-hybridized carbons (Fsp3) is 0.700. The standard InChI is InChI=1S/C10H16N4O3/c1-2-14(13-8-16)9(5-3-4-6-11)10(17)12-7-15/h9H,2-6,11H2,1H3/t9-/m0/s1. The minimum absolute atomic E-state index is 0.350. The maximum absolute atomic E-state index is 11.5. The van der Waals surface area contributed by atoms with Gasteiger partial charge in [-0.05, 0) is 32.7 Å². The van der Waals surface area contributed by atoms with Crippen LogP contribution in [0.5, 0.6) is 0 Å². The number of isocyanates is 2. The highest BCUT2D eigenvalue weighted by molar-refractivity contribution is 5.86. The van der Waals surface area contributed by atoms with Crippen LogP contribution in [-0.4, -0.2) is 42.2 Å². The van der Waals surface area contributed by atoms with Gasteiger partial charge in [0.15, 0.2) is 0 Å². The number of carbonyl (C=O) groups is 1. The van der Waals surface area contributed by atoms with Crippen molar-refractivity contribution in [2.24, 2.45) is 15.8 Å². The number of rotatable bonds is 8. The Labute approximate surface area is 99.4 Å². The first-order valence-electron chi connectivity index (χ1n) is 5.37. The number of likely N-dealkylation sites (N-methyl/N-ethyl adjacent to an activating group) is 1. The third-order valence-corrected chi connectivity index (χ3v) is 2.23. The Kier molecular flexibility index (Phi) is 8.42. The van der Waals surface area contributed by atoms with Crippen molar-refractivity contribution in [2.75, 3.05) is 13.1 Å². The van der Waals surface area contributed by atoms with Crippen molar-refractivity contribution in [1.82, 2.24) is 5.01 Å². The van der Waals surface area contributed by atoms with E-state index in [0.717, 1.165) is 6.42 Å². The summed E-state index contributed by atoms with van der Waals surface area (Å²) in [7, 11) is 0. The second-order valence-electron chi connectivity index (χ2n) is 3.29. The molecule has 0 aromatic rings. The highest BCUT2D eigenvalue weighted by Crippen LogP contribution is 2.10. The quantitative estimate of drug-likeness (QED) is 0.276. The molecule has 0 fully saturated rings. The lowest BCUT2D eigenvalue weighted by Crippen LogP contribution is -2.37. The maximum atomic E-state index is 11.5. The predicted molar refractivity (Wildman–Crippen MR) is 60.3 cm³/mol. The summed E-state index contributed by atoms with van der Waals surface area (Å²) >= 11 is 0. The lowest BCUT2D eigenvalue weighted by Gasteiger charge is -2.23. The Hall–Kier alpha value is -1.81. The van der Waals surface area contributed by atoms with Crippen molar-refractivity contribution in [3.05, 3.63) is 0 Å². The summed E-state index contributed by atoms with van der Waals surface area (Å²) in [5, 5.41) is 4.67. The van der Waals surface area contributed by atoms with Crippen LogP contribution in [0, 0.1) is 0 Å². The Morgan fingerprint density at radius 3 is 2.53 bits per heavy atom. The molecule has 0 aliphatic carbocycles. The molecule has 0 rings (SSSR count). The van der Waals surface area contributed by atoms with Crippen LogP contribution in [0.2, 0.25) is 0 Å². The van der Waals surface area contributed by atoms with E-state index in [1.54, 1.807) is 6.92 Å². The molecule has 0 aliphatic heterocycles. The molecule has 0 aromatic carbocycles. The van der Waals surface area contributed by atoms with E-state index in [4.69, 9.17) is 5.73 Å². The average molecular weight is 240 g/mol. The zero-order valence-electron chi connectivity index (χ0n) is 9.76. The van der Waals surface area contributed by atoms with Crippen LogP contribution in [0.15, 0.2) is 10.1 Å². The molecule has 94 valence electrons. The second kappa shape index (κ2) is 9.42. The van der Waals surface area contributed by atoms with E-state index in [-0.39, 0.29) is 0 Å². The van der Waals surface area contributed by atoms with E-state index in [1.807, 2.05) is 0 Å². The van der Waals surface area contributed by atoms with Gasteiger partial charge in [-0.1, -0.05) is 5.10 Å². The van der Waals surface area contributed by atoms with E-state index < -0.39 is 11.9 Å². The molecule has 0 radical (unpaired) electrons. The van der Waals surface area contributed by atoms with Crippen molar-refractivity contribution in [2.45, 2.75) is 32.2 Å². The van der Waals surface area contributed by atoms with Gasteiger partial charge in [-0.25, -0.2) is 9.59 Å². The number of amides is 1. The van der Waals surface area contributed by atoms with Crippen LogP contribution in [0.4, 0.5) is 0 Å². The van der Waals surface area contributed by atoms with Gasteiger partial charge >= 0.3 is 0 Å². The molecule has 7 nitrogen and oxygen atoms in total. The first kappa shape index (κ1) is 15.2. The van der Waals surface area contributed by atoms with Gasteiger partial charge in [0.25, 0.3) is 12.0 Å². The Morgan fingerprint density at radius 1 is 1.35 bits per heavy atom. The number of hydrazone groups is 1. The first-order valence-corrected chi connectivity index (χ1v) is 5.37. The molecule has 2 N–H and O–H groups in total. The molecule has 1 amide bonds. The van der Waals surface area contributed by atoms with E-state index in [9.17, 15) is 14.4 Å². The topological polar surface area (TPSA) is 105 Å². The summed E-state index contributed by atoms with van der Waals surface area (Å²) in [6, 6.07) is -0.727. The number of aliphatic imine (C=N–C) groups is 1. The van der Waals surface area contributed by atoms with Gasteiger partial charge in [0, 0.05) is 6.54 Å². The molecule has 0 heterocycles. The van der Waals surface area contributed by atoms with Crippen molar-refractivity contribution in [1.29, 1.82) is 0 Å². The largest absolute Gasteiger partial charge is 0.330 e. The van der Waals surface area contributed by atoms with Crippen molar-refractivity contribution in [3.8, 4) is 0 Å². The van der Waals surface area contributed by atoms with Crippen LogP contribution in [0.3, 0.4) is 0 Å². The number of unbranched alkanes of at least 4 members (excludes halogenated alkanes) is 1. The maximum Gasteiger partial charge on any atom is 0.280 e. The molecule has 7 heteroatoms. The van der Waals surface area contributed by atoms with Crippen molar-refractivity contribution < 1.29 is 14.4 Å². The summed E-state index contributed by atoms with van der Waals surface area (Å²) in [5.74, 6) is -0.655. The lowest BCUT2D eigenvalue weighted by molar-refractivity contribution is -0.123. The molecule has 0 bridgehead atoms. The van der Waals surface area contributed by atoms with Crippen LogP contribution in [-0.2, 0) is 14.4 Å². The molecule has 1 atom stereocenters. The van der Waals surface area contributed by atoms with Crippen LogP contribution < -0.4 is 5.73 Å². The molecular weight excluding hydrogens is 224 g/mol. The molecule has 0 unspecified atom stereocenters. The van der Waals surface area contributed by atoms with E-state index in [2.05, 4.69) is 10.1 Å². The number of hydrogen-bond donors (Lipinski definition) is 1.